The highest BCUT2D eigenvalue weighted by Crippen LogP contribution is 2.29. The van der Waals surface area contributed by atoms with E-state index in [9.17, 15) is 0 Å². The van der Waals surface area contributed by atoms with Crippen molar-refractivity contribution < 1.29 is 0 Å². The van der Waals surface area contributed by atoms with Crippen molar-refractivity contribution in [3.8, 4) is 0 Å². The van der Waals surface area contributed by atoms with Crippen molar-refractivity contribution in [2.75, 3.05) is 6.54 Å². The molecule has 2 atom stereocenters. The minimum Gasteiger partial charge on any atom is -0.385 e. The summed E-state index contributed by atoms with van der Waals surface area (Å²) in [6.45, 7) is 19.6. The summed E-state index contributed by atoms with van der Waals surface area (Å²) in [7, 11) is 0. The van der Waals surface area contributed by atoms with Crippen LogP contribution in [0.15, 0.2) is 49.0 Å². The zero-order valence-electron chi connectivity index (χ0n) is 19.5. The van der Waals surface area contributed by atoms with Crippen LogP contribution in [0, 0.1) is 18.8 Å². The summed E-state index contributed by atoms with van der Waals surface area (Å²) in [5.41, 5.74) is 6.96. The Balaban J connectivity index is 1.89. The Morgan fingerprint density at radius 1 is 1.07 bits per heavy atom. The molecule has 0 spiro atoms. The summed E-state index contributed by atoms with van der Waals surface area (Å²) in [5, 5.41) is 3.57. The lowest BCUT2D eigenvalue weighted by molar-refractivity contribution is 0.369. The first-order chi connectivity index (χ1) is 14.3. The van der Waals surface area contributed by atoms with E-state index in [1.54, 1.807) is 0 Å². The topological polar surface area (TPSA) is 29.9 Å². The lowest BCUT2D eigenvalue weighted by Crippen LogP contribution is -2.24. The van der Waals surface area contributed by atoms with Gasteiger partial charge in [-0.25, -0.2) is 4.98 Å². The summed E-state index contributed by atoms with van der Waals surface area (Å²) in [6, 6.07) is 15.3. The monoisotopic (exact) mass is 403 g/mol. The molecule has 3 rings (SSSR count). The van der Waals surface area contributed by atoms with Crippen LogP contribution in [0.25, 0.3) is 16.7 Å². The second kappa shape index (κ2) is 9.51. The molecule has 3 aromatic rings. The lowest BCUT2D eigenvalue weighted by Gasteiger charge is -2.21. The second-order valence-electron chi connectivity index (χ2n) is 8.82. The number of nitrogens with zero attached hydrogens (tertiary/aromatic N) is 2. The van der Waals surface area contributed by atoms with Crippen molar-refractivity contribution in [3.63, 3.8) is 0 Å². The Bertz CT molecular complexity index is 995. The van der Waals surface area contributed by atoms with Crippen LogP contribution in [0.5, 0.6) is 0 Å². The molecule has 0 aliphatic carbocycles. The molecule has 1 aromatic heterocycles. The number of benzene rings is 2. The van der Waals surface area contributed by atoms with Gasteiger partial charge in [0.05, 0.1) is 11.0 Å². The van der Waals surface area contributed by atoms with Gasteiger partial charge in [-0.1, -0.05) is 76.6 Å². The average molecular weight is 404 g/mol. The Morgan fingerprint density at radius 2 is 1.77 bits per heavy atom. The molecule has 2 unspecified atom stereocenters. The summed E-state index contributed by atoms with van der Waals surface area (Å²) < 4.78 is 2.35. The molecule has 1 N–H and O–H groups in total. The predicted molar refractivity (Wildman–Crippen MR) is 130 cm³/mol. The highest BCUT2D eigenvalue weighted by molar-refractivity contribution is 5.81. The second-order valence-corrected chi connectivity index (χ2v) is 8.82. The van der Waals surface area contributed by atoms with Crippen molar-refractivity contribution >= 4 is 16.7 Å². The van der Waals surface area contributed by atoms with E-state index in [0.717, 1.165) is 35.7 Å². The smallest absolute Gasteiger partial charge is 0.117 e. The maximum absolute atomic E-state index is 5.01. The zero-order valence-corrected chi connectivity index (χ0v) is 19.5. The maximum Gasteiger partial charge on any atom is 0.117 e. The molecule has 0 saturated carbocycles. The van der Waals surface area contributed by atoms with Crippen LogP contribution in [-0.4, -0.2) is 16.1 Å². The van der Waals surface area contributed by atoms with Gasteiger partial charge < -0.3 is 9.88 Å². The van der Waals surface area contributed by atoms with Gasteiger partial charge in [-0.05, 0) is 48.9 Å². The van der Waals surface area contributed by atoms with Gasteiger partial charge in [0.15, 0.2) is 0 Å². The van der Waals surface area contributed by atoms with Crippen LogP contribution in [0.2, 0.25) is 0 Å². The molecule has 30 heavy (non-hydrogen) atoms. The van der Waals surface area contributed by atoms with E-state index in [0.29, 0.717) is 11.8 Å². The normalized spacial score (nSPS) is 13.6. The van der Waals surface area contributed by atoms with Gasteiger partial charge in [0.1, 0.15) is 5.82 Å². The van der Waals surface area contributed by atoms with Crippen LogP contribution in [0.4, 0.5) is 0 Å². The largest absolute Gasteiger partial charge is 0.385 e. The number of imidazole rings is 1. The molecule has 0 radical (unpaired) electrons. The van der Waals surface area contributed by atoms with Crippen molar-refractivity contribution in [3.05, 3.63) is 71.6 Å². The SMILES string of the molecule is C=C(NCC(CC)C(C)C)c1ccc2nc(C(C)c3ccc(C)cc3)n(CC)c2c1. The molecule has 0 fully saturated rings. The van der Waals surface area contributed by atoms with E-state index in [1.807, 2.05) is 0 Å². The third-order valence-electron chi connectivity index (χ3n) is 6.45. The van der Waals surface area contributed by atoms with Gasteiger partial charge in [0.2, 0.25) is 0 Å². The fraction of sp³-hybridized carbons (Fsp3) is 0.444. The van der Waals surface area contributed by atoms with E-state index in [4.69, 9.17) is 4.98 Å². The van der Waals surface area contributed by atoms with Crippen LogP contribution >= 0.6 is 0 Å². The van der Waals surface area contributed by atoms with Gasteiger partial charge in [0, 0.05) is 24.7 Å². The van der Waals surface area contributed by atoms with E-state index in [1.165, 1.54) is 23.1 Å². The number of fused-ring (bicyclic) bond motifs is 1. The first kappa shape index (κ1) is 22.1. The van der Waals surface area contributed by atoms with E-state index in [-0.39, 0.29) is 5.92 Å². The molecule has 160 valence electrons. The molecule has 0 aliphatic rings. The van der Waals surface area contributed by atoms with Gasteiger partial charge in [-0.3, -0.25) is 0 Å². The predicted octanol–water partition coefficient (Wildman–Crippen LogP) is 6.76. The van der Waals surface area contributed by atoms with Crippen molar-refractivity contribution in [2.24, 2.45) is 11.8 Å². The Kier molecular flexibility index (Phi) is 7.02. The number of aryl methyl sites for hydroxylation is 2. The van der Waals surface area contributed by atoms with Gasteiger partial charge in [-0.2, -0.15) is 0 Å². The van der Waals surface area contributed by atoms with E-state index < -0.39 is 0 Å². The van der Waals surface area contributed by atoms with Crippen molar-refractivity contribution in [1.29, 1.82) is 0 Å². The third-order valence-corrected chi connectivity index (χ3v) is 6.45. The third kappa shape index (κ3) is 4.61. The molecule has 0 bridgehead atoms. The maximum atomic E-state index is 5.01. The highest BCUT2D eigenvalue weighted by atomic mass is 15.1. The molecule has 0 saturated heterocycles. The molecule has 0 aliphatic heterocycles. The molecule has 3 nitrogen and oxygen atoms in total. The first-order valence-corrected chi connectivity index (χ1v) is 11.4. The van der Waals surface area contributed by atoms with Gasteiger partial charge >= 0.3 is 0 Å². The highest BCUT2D eigenvalue weighted by Gasteiger charge is 2.18. The molecule has 2 aromatic carbocycles. The van der Waals surface area contributed by atoms with Crippen LogP contribution in [0.1, 0.15) is 69.5 Å². The summed E-state index contributed by atoms with van der Waals surface area (Å²) >= 11 is 0. The number of aromatic nitrogens is 2. The minimum absolute atomic E-state index is 0.249. The average Bonchev–Trinajstić information content (AvgIpc) is 3.11. The Labute approximate surface area is 182 Å². The van der Waals surface area contributed by atoms with E-state index >= 15 is 0 Å². The van der Waals surface area contributed by atoms with Gasteiger partial charge in [-0.15, -0.1) is 0 Å². The lowest BCUT2D eigenvalue weighted by atomic mass is 9.93. The fourth-order valence-electron chi connectivity index (χ4n) is 4.20. The van der Waals surface area contributed by atoms with Crippen LogP contribution in [-0.2, 0) is 6.54 Å². The summed E-state index contributed by atoms with van der Waals surface area (Å²) in [6.07, 6.45) is 1.18. The number of hydrogen-bond acceptors (Lipinski definition) is 2. The fourth-order valence-corrected chi connectivity index (χ4v) is 4.20. The van der Waals surface area contributed by atoms with Crippen molar-refractivity contribution in [1.82, 2.24) is 14.9 Å². The molecular weight excluding hydrogens is 366 g/mol. The Hall–Kier alpha value is -2.55. The first-order valence-electron chi connectivity index (χ1n) is 11.4. The molecular formula is C27H37N3. The van der Waals surface area contributed by atoms with Crippen LogP contribution in [0.3, 0.4) is 0 Å². The number of rotatable bonds is 9. The number of nitrogens with one attached hydrogen (secondary N) is 1. The summed E-state index contributed by atoms with van der Waals surface area (Å²) in [4.78, 5) is 5.01. The Morgan fingerprint density at radius 3 is 2.37 bits per heavy atom. The molecule has 1 heterocycles. The van der Waals surface area contributed by atoms with E-state index in [2.05, 4.69) is 100 Å². The molecule has 3 heteroatoms. The zero-order chi connectivity index (χ0) is 21.8. The number of hydrogen-bond donors (Lipinski definition) is 1. The van der Waals surface area contributed by atoms with Crippen LogP contribution < -0.4 is 5.32 Å². The van der Waals surface area contributed by atoms with Crippen molar-refractivity contribution in [2.45, 2.75) is 60.4 Å². The molecule has 0 amide bonds. The van der Waals surface area contributed by atoms with Gasteiger partial charge in [0.25, 0.3) is 0 Å². The quantitative estimate of drug-likeness (QED) is 0.428. The summed E-state index contributed by atoms with van der Waals surface area (Å²) in [5.74, 6) is 2.70. The standard InChI is InChI=1S/C27H37N3/c1-8-22(18(3)4)17-28-21(7)24-14-15-25-26(16-24)30(9-2)27(29-25)20(6)23-12-10-19(5)11-13-23/h10-16,18,20,22,28H,7-9,17H2,1-6H3. The minimum atomic E-state index is 0.249.